The Balaban J connectivity index is 0.000000307. The number of anilines is 1. The Bertz CT molecular complexity index is 1070. The number of hydrogen-bond acceptors (Lipinski definition) is 5. The molecule has 0 amide bonds. The van der Waals surface area contributed by atoms with Crippen LogP contribution in [0.1, 0.15) is 25.7 Å². The molecular weight excluding hydrogens is 423 g/mol. The van der Waals surface area contributed by atoms with Crippen LogP contribution in [-0.4, -0.2) is 62.3 Å². The Morgan fingerprint density at radius 3 is 2.44 bits per heavy atom. The zero-order chi connectivity index (χ0) is 22.9. The maximum absolute atomic E-state index is 10.6. The molecule has 0 spiro atoms. The molecule has 2 aromatic heterocycles. The first-order valence-corrected chi connectivity index (χ1v) is 10.4. The predicted octanol–water partition coefficient (Wildman–Crippen LogP) is 4.30. The van der Waals surface area contributed by atoms with Crippen molar-refractivity contribution in [2.24, 2.45) is 0 Å². The van der Waals surface area contributed by atoms with Crippen LogP contribution in [0, 0.1) is 0 Å². The van der Waals surface area contributed by atoms with Crippen LogP contribution in [0.25, 0.3) is 22.2 Å². The summed E-state index contributed by atoms with van der Waals surface area (Å²) >= 11 is 0. The minimum absolute atomic E-state index is 0.518. The fraction of sp³-hybridized carbons (Fsp3) is 0.409. The van der Waals surface area contributed by atoms with E-state index in [0.29, 0.717) is 6.04 Å². The number of nitrogens with zero attached hydrogens (tertiary/aromatic N) is 3. The molecule has 1 unspecified atom stereocenters. The topological polar surface area (TPSA) is 94.1 Å². The smallest absolute Gasteiger partial charge is 0.475 e. The van der Waals surface area contributed by atoms with E-state index in [-0.39, 0.29) is 0 Å². The number of aromatic amines is 1. The third-order valence-electron chi connectivity index (χ3n) is 6.20. The van der Waals surface area contributed by atoms with E-state index in [4.69, 9.17) is 9.90 Å². The second-order valence-corrected chi connectivity index (χ2v) is 8.23. The van der Waals surface area contributed by atoms with E-state index in [2.05, 4.69) is 56.5 Å². The van der Waals surface area contributed by atoms with Crippen LogP contribution in [0.15, 0.2) is 42.9 Å². The van der Waals surface area contributed by atoms with Crippen LogP contribution < -0.4 is 5.32 Å². The SMILES string of the molecule is CN1[C@@H]2CC[C@H]1CC(Nc1cnc(-c3ccc4cc[nH]c4c3)cn1)C2.O=C(O)C(F)(F)F. The molecule has 10 heteroatoms. The van der Waals surface area contributed by atoms with Crippen LogP contribution in [0.3, 0.4) is 0 Å². The molecule has 2 aliphatic heterocycles. The number of carboxylic acid groups (broad SMARTS) is 1. The fourth-order valence-corrected chi connectivity index (χ4v) is 4.50. The Morgan fingerprint density at radius 2 is 1.84 bits per heavy atom. The van der Waals surface area contributed by atoms with Crippen LogP contribution in [0.5, 0.6) is 0 Å². The monoisotopic (exact) mass is 447 g/mol. The van der Waals surface area contributed by atoms with E-state index in [1.807, 2.05) is 18.6 Å². The van der Waals surface area contributed by atoms with Gasteiger partial charge in [0.05, 0.1) is 18.1 Å². The third-order valence-corrected chi connectivity index (χ3v) is 6.20. The maximum atomic E-state index is 10.6. The number of carboxylic acids is 1. The summed E-state index contributed by atoms with van der Waals surface area (Å²) in [6, 6.07) is 10.4. The van der Waals surface area contributed by atoms with Crippen molar-refractivity contribution >= 4 is 22.7 Å². The molecule has 2 fully saturated rings. The summed E-state index contributed by atoms with van der Waals surface area (Å²) in [7, 11) is 2.27. The van der Waals surface area contributed by atoms with Gasteiger partial charge in [-0.3, -0.25) is 4.98 Å². The fourth-order valence-electron chi connectivity index (χ4n) is 4.50. The standard InChI is InChI=1S/C20H23N5.C2HF3O2/c1-25-16-4-5-17(25)10-15(9-16)24-20-12-22-19(11-23-20)14-3-2-13-6-7-21-18(13)8-14;3-2(4,5)1(6)7/h2-3,6-8,11-12,15-17,21H,4-5,9-10H2,1H3,(H,23,24);(H,6,7)/t15?,16-,17+;. The van der Waals surface area contributed by atoms with Gasteiger partial charge in [0.15, 0.2) is 0 Å². The lowest BCUT2D eigenvalue weighted by Crippen LogP contribution is -2.44. The Morgan fingerprint density at radius 1 is 1.16 bits per heavy atom. The summed E-state index contributed by atoms with van der Waals surface area (Å²) in [4.78, 5) is 23.9. The first-order chi connectivity index (χ1) is 15.2. The van der Waals surface area contributed by atoms with Crippen molar-refractivity contribution in [1.29, 1.82) is 0 Å². The Kier molecular flexibility index (Phi) is 6.05. The van der Waals surface area contributed by atoms with Gasteiger partial charge >= 0.3 is 12.1 Å². The molecular formula is C22H24F3N5O2. The molecule has 3 N–H and O–H groups in total. The number of alkyl halides is 3. The van der Waals surface area contributed by atoms with Gasteiger partial charge in [-0.05, 0) is 50.2 Å². The molecule has 32 heavy (non-hydrogen) atoms. The quantitative estimate of drug-likeness (QED) is 0.555. The lowest BCUT2D eigenvalue weighted by atomic mass is 9.98. The van der Waals surface area contributed by atoms with Crippen molar-refractivity contribution in [3.05, 3.63) is 42.9 Å². The second-order valence-electron chi connectivity index (χ2n) is 8.23. The first-order valence-electron chi connectivity index (χ1n) is 10.4. The van der Waals surface area contributed by atoms with E-state index in [1.54, 1.807) is 0 Å². The predicted molar refractivity (Wildman–Crippen MR) is 114 cm³/mol. The summed E-state index contributed by atoms with van der Waals surface area (Å²) in [6.45, 7) is 0. The number of nitrogens with one attached hydrogen (secondary N) is 2. The normalized spacial score (nSPS) is 22.9. The molecule has 0 aliphatic carbocycles. The molecule has 2 bridgehead atoms. The minimum Gasteiger partial charge on any atom is -0.475 e. The molecule has 5 rings (SSSR count). The van der Waals surface area contributed by atoms with Crippen LogP contribution in [0.4, 0.5) is 19.0 Å². The average Bonchev–Trinajstić information content (AvgIpc) is 3.28. The van der Waals surface area contributed by atoms with E-state index >= 15 is 0 Å². The van der Waals surface area contributed by atoms with Crippen LogP contribution in [-0.2, 0) is 4.79 Å². The van der Waals surface area contributed by atoms with Crippen LogP contribution in [0.2, 0.25) is 0 Å². The summed E-state index contributed by atoms with van der Waals surface area (Å²) < 4.78 is 31.7. The van der Waals surface area contributed by atoms with Crippen molar-refractivity contribution < 1.29 is 23.1 Å². The van der Waals surface area contributed by atoms with E-state index < -0.39 is 12.1 Å². The highest BCUT2D eigenvalue weighted by atomic mass is 19.4. The van der Waals surface area contributed by atoms with E-state index in [9.17, 15) is 13.2 Å². The zero-order valence-electron chi connectivity index (χ0n) is 17.4. The number of rotatable bonds is 3. The molecule has 2 aliphatic rings. The van der Waals surface area contributed by atoms with Gasteiger partial charge in [0.1, 0.15) is 5.82 Å². The number of hydrogen-bond donors (Lipinski definition) is 3. The highest BCUT2D eigenvalue weighted by molar-refractivity contribution is 5.84. The molecule has 3 aromatic rings. The van der Waals surface area contributed by atoms with Crippen molar-refractivity contribution in [3.8, 4) is 11.3 Å². The number of benzene rings is 1. The molecule has 4 heterocycles. The first kappa shape index (κ1) is 22.1. The van der Waals surface area contributed by atoms with Crippen molar-refractivity contribution in [2.45, 2.75) is 50.0 Å². The highest BCUT2D eigenvalue weighted by Crippen LogP contribution is 2.35. The number of H-pyrrole nitrogens is 1. The van der Waals surface area contributed by atoms with E-state index in [1.165, 1.54) is 31.1 Å². The van der Waals surface area contributed by atoms with Gasteiger partial charge in [0.25, 0.3) is 0 Å². The highest BCUT2D eigenvalue weighted by Gasteiger charge is 2.39. The van der Waals surface area contributed by atoms with E-state index in [0.717, 1.165) is 34.7 Å². The number of aromatic nitrogens is 3. The average molecular weight is 447 g/mol. The lowest BCUT2D eigenvalue weighted by Gasteiger charge is -2.36. The second kappa shape index (κ2) is 8.78. The van der Waals surface area contributed by atoms with Gasteiger partial charge in [-0.2, -0.15) is 13.2 Å². The van der Waals surface area contributed by atoms with Gasteiger partial charge in [0, 0.05) is 35.4 Å². The summed E-state index contributed by atoms with van der Waals surface area (Å²) in [5.74, 6) is -1.87. The maximum Gasteiger partial charge on any atom is 0.490 e. The Labute approximate surface area is 182 Å². The molecule has 2 saturated heterocycles. The largest absolute Gasteiger partial charge is 0.490 e. The number of fused-ring (bicyclic) bond motifs is 3. The van der Waals surface area contributed by atoms with Crippen molar-refractivity contribution in [2.75, 3.05) is 12.4 Å². The molecule has 7 nitrogen and oxygen atoms in total. The van der Waals surface area contributed by atoms with Gasteiger partial charge in [0.2, 0.25) is 0 Å². The van der Waals surface area contributed by atoms with Gasteiger partial charge < -0.3 is 20.3 Å². The van der Waals surface area contributed by atoms with Gasteiger partial charge in [-0.1, -0.05) is 12.1 Å². The number of halogens is 3. The number of piperidine rings is 1. The summed E-state index contributed by atoms with van der Waals surface area (Å²) in [5.41, 5.74) is 3.13. The third kappa shape index (κ3) is 4.85. The Hall–Kier alpha value is -3.14. The van der Waals surface area contributed by atoms with Gasteiger partial charge in [-0.25, -0.2) is 9.78 Å². The van der Waals surface area contributed by atoms with Crippen LogP contribution >= 0.6 is 0 Å². The van der Waals surface area contributed by atoms with Crippen molar-refractivity contribution in [1.82, 2.24) is 19.9 Å². The minimum atomic E-state index is -5.08. The molecule has 0 saturated carbocycles. The van der Waals surface area contributed by atoms with Crippen molar-refractivity contribution in [3.63, 3.8) is 0 Å². The number of aliphatic carboxylic acids is 1. The summed E-state index contributed by atoms with van der Waals surface area (Å²) in [5, 5.41) is 11.9. The van der Waals surface area contributed by atoms with Gasteiger partial charge in [-0.15, -0.1) is 0 Å². The summed E-state index contributed by atoms with van der Waals surface area (Å²) in [6.07, 6.45) is 5.71. The molecule has 0 radical (unpaired) electrons. The molecule has 170 valence electrons. The lowest BCUT2D eigenvalue weighted by molar-refractivity contribution is -0.192. The molecule has 1 aromatic carbocycles. The number of carbonyl (C=O) groups is 1. The zero-order valence-corrected chi connectivity index (χ0v) is 17.4. The molecule has 3 atom stereocenters.